The van der Waals surface area contributed by atoms with Crippen molar-refractivity contribution >= 4 is 20.0 Å². The van der Waals surface area contributed by atoms with E-state index in [1.165, 1.54) is 22.5 Å². The smallest absolute Gasteiger partial charge is 0.225 e. The lowest BCUT2D eigenvalue weighted by Gasteiger charge is -2.27. The quantitative estimate of drug-likeness (QED) is 0.898. The second-order valence-electron chi connectivity index (χ2n) is 5.34. The van der Waals surface area contributed by atoms with E-state index in [0.717, 1.165) is 25.3 Å². The molecule has 0 spiro atoms. The lowest BCUT2D eigenvalue weighted by Crippen LogP contribution is -2.39. The third kappa shape index (κ3) is 3.13. The van der Waals surface area contributed by atoms with Gasteiger partial charge in [0, 0.05) is 12.1 Å². The van der Waals surface area contributed by atoms with Gasteiger partial charge in [-0.3, -0.25) is 0 Å². The van der Waals surface area contributed by atoms with E-state index in [1.54, 1.807) is 0 Å². The van der Waals surface area contributed by atoms with Crippen molar-refractivity contribution in [1.82, 2.24) is 4.31 Å². The number of benzene rings is 1. The zero-order valence-electron chi connectivity index (χ0n) is 12.1. The molecular formula is C13H20N2O4S2. The molecule has 1 heterocycles. The maximum absolute atomic E-state index is 12.8. The molecule has 0 aliphatic carbocycles. The first kappa shape index (κ1) is 16.4. The molecule has 2 atom stereocenters. The molecule has 1 saturated heterocycles. The van der Waals surface area contributed by atoms with Gasteiger partial charge in [-0.15, -0.1) is 0 Å². The minimum absolute atomic E-state index is 0.0266. The first-order valence-corrected chi connectivity index (χ1v) is 9.83. The Bertz CT molecular complexity index is 728. The van der Waals surface area contributed by atoms with Crippen molar-refractivity contribution in [3.05, 3.63) is 24.3 Å². The van der Waals surface area contributed by atoms with E-state index in [0.29, 0.717) is 0 Å². The largest absolute Gasteiger partial charge is 0.243 e. The molecule has 0 bridgehead atoms. The van der Waals surface area contributed by atoms with Crippen LogP contribution in [0.4, 0.5) is 0 Å². The van der Waals surface area contributed by atoms with Crippen molar-refractivity contribution in [2.75, 3.05) is 0 Å². The monoisotopic (exact) mass is 332 g/mol. The second-order valence-corrected chi connectivity index (χ2v) is 8.75. The van der Waals surface area contributed by atoms with Gasteiger partial charge in [-0.25, -0.2) is 22.0 Å². The molecule has 0 radical (unpaired) electrons. The molecule has 0 aromatic heterocycles. The summed E-state index contributed by atoms with van der Waals surface area (Å²) in [6.07, 6.45) is 2.37. The molecule has 1 aliphatic heterocycles. The van der Waals surface area contributed by atoms with Crippen LogP contribution < -0.4 is 5.14 Å². The van der Waals surface area contributed by atoms with Gasteiger partial charge in [0.25, 0.3) is 0 Å². The van der Waals surface area contributed by atoms with Gasteiger partial charge < -0.3 is 0 Å². The molecule has 1 aliphatic rings. The number of hydrogen-bond acceptors (Lipinski definition) is 4. The minimum atomic E-state index is -3.92. The van der Waals surface area contributed by atoms with Crippen molar-refractivity contribution in [2.45, 2.75) is 55.0 Å². The molecular weight excluding hydrogens is 312 g/mol. The van der Waals surface area contributed by atoms with Gasteiger partial charge in [0.05, 0.1) is 9.79 Å². The van der Waals surface area contributed by atoms with Crippen molar-refractivity contribution in [2.24, 2.45) is 5.14 Å². The standard InChI is InChI=1S/C13H20N2O4S2/c1-3-11-8-7-10(2)15(11)21(18,19)13-6-4-5-12(9-13)20(14,16)17/h4-6,9-11H,3,7-8H2,1-2H3,(H2,14,16,17). The van der Waals surface area contributed by atoms with Crippen LogP contribution >= 0.6 is 0 Å². The predicted octanol–water partition coefficient (Wildman–Crippen LogP) is 1.29. The van der Waals surface area contributed by atoms with Crippen LogP contribution in [0.5, 0.6) is 0 Å². The van der Waals surface area contributed by atoms with E-state index < -0.39 is 20.0 Å². The number of rotatable bonds is 4. The number of nitrogens with zero attached hydrogens (tertiary/aromatic N) is 1. The zero-order valence-corrected chi connectivity index (χ0v) is 13.7. The zero-order chi connectivity index (χ0) is 15.8. The van der Waals surface area contributed by atoms with Crippen LogP contribution in [0.1, 0.15) is 33.1 Å². The van der Waals surface area contributed by atoms with Crippen LogP contribution in [-0.2, 0) is 20.0 Å². The SMILES string of the molecule is CCC1CCC(C)N1S(=O)(=O)c1cccc(S(N)(=O)=O)c1. The highest BCUT2D eigenvalue weighted by atomic mass is 32.2. The molecule has 118 valence electrons. The lowest BCUT2D eigenvalue weighted by molar-refractivity contribution is 0.328. The first-order chi connectivity index (χ1) is 9.67. The molecule has 2 rings (SSSR count). The van der Waals surface area contributed by atoms with E-state index in [1.807, 2.05) is 13.8 Å². The lowest BCUT2D eigenvalue weighted by atomic mass is 10.2. The molecule has 1 aromatic rings. The van der Waals surface area contributed by atoms with E-state index in [-0.39, 0.29) is 21.9 Å². The number of primary sulfonamides is 1. The van der Waals surface area contributed by atoms with Gasteiger partial charge in [0.2, 0.25) is 20.0 Å². The highest BCUT2D eigenvalue weighted by Gasteiger charge is 2.39. The van der Waals surface area contributed by atoms with Crippen molar-refractivity contribution < 1.29 is 16.8 Å². The molecule has 1 fully saturated rings. The van der Waals surface area contributed by atoms with Gasteiger partial charge >= 0.3 is 0 Å². The Morgan fingerprint density at radius 1 is 1.19 bits per heavy atom. The fourth-order valence-electron chi connectivity index (χ4n) is 2.80. The van der Waals surface area contributed by atoms with E-state index in [9.17, 15) is 16.8 Å². The van der Waals surface area contributed by atoms with E-state index in [2.05, 4.69) is 0 Å². The summed E-state index contributed by atoms with van der Waals surface area (Å²) in [6.45, 7) is 3.82. The van der Waals surface area contributed by atoms with Crippen LogP contribution in [0.3, 0.4) is 0 Å². The Morgan fingerprint density at radius 2 is 1.81 bits per heavy atom. The summed E-state index contributed by atoms with van der Waals surface area (Å²) in [5.41, 5.74) is 0. The molecule has 0 saturated carbocycles. The van der Waals surface area contributed by atoms with E-state index >= 15 is 0 Å². The molecule has 1 aromatic carbocycles. The van der Waals surface area contributed by atoms with Crippen LogP contribution in [-0.4, -0.2) is 33.2 Å². The molecule has 0 amide bonds. The Labute approximate surface area is 126 Å². The molecule has 21 heavy (non-hydrogen) atoms. The summed E-state index contributed by atoms with van der Waals surface area (Å²) in [6, 6.07) is 5.10. The number of sulfonamides is 2. The Morgan fingerprint density at radius 3 is 2.38 bits per heavy atom. The van der Waals surface area contributed by atoms with Gasteiger partial charge in [-0.2, -0.15) is 4.31 Å². The van der Waals surface area contributed by atoms with Crippen molar-refractivity contribution in [3.63, 3.8) is 0 Å². The van der Waals surface area contributed by atoms with E-state index in [4.69, 9.17) is 5.14 Å². The fourth-order valence-corrected chi connectivity index (χ4v) is 5.43. The van der Waals surface area contributed by atoms with Crippen LogP contribution in [0.2, 0.25) is 0 Å². The van der Waals surface area contributed by atoms with Gasteiger partial charge in [0.15, 0.2) is 0 Å². The summed E-state index contributed by atoms with van der Waals surface area (Å²) >= 11 is 0. The molecule has 2 N–H and O–H groups in total. The normalized spacial score (nSPS) is 24.3. The maximum Gasteiger partial charge on any atom is 0.243 e. The van der Waals surface area contributed by atoms with Gasteiger partial charge in [0.1, 0.15) is 0 Å². The van der Waals surface area contributed by atoms with Gasteiger partial charge in [-0.1, -0.05) is 13.0 Å². The Balaban J connectivity index is 2.50. The maximum atomic E-state index is 12.8. The predicted molar refractivity (Wildman–Crippen MR) is 79.6 cm³/mol. The summed E-state index contributed by atoms with van der Waals surface area (Å²) < 4.78 is 49.8. The first-order valence-electron chi connectivity index (χ1n) is 6.84. The molecule has 8 heteroatoms. The number of hydrogen-bond donors (Lipinski definition) is 1. The second kappa shape index (κ2) is 5.68. The highest BCUT2D eigenvalue weighted by molar-refractivity contribution is 7.90. The van der Waals surface area contributed by atoms with Crippen molar-refractivity contribution in [3.8, 4) is 0 Å². The van der Waals surface area contributed by atoms with Crippen LogP contribution in [0.15, 0.2) is 34.1 Å². The minimum Gasteiger partial charge on any atom is -0.225 e. The topological polar surface area (TPSA) is 97.5 Å². The third-order valence-corrected chi connectivity index (χ3v) is 6.87. The summed E-state index contributed by atoms with van der Waals surface area (Å²) in [7, 11) is -7.64. The highest BCUT2D eigenvalue weighted by Crippen LogP contribution is 2.32. The summed E-state index contributed by atoms with van der Waals surface area (Å²) in [5, 5.41) is 5.07. The Hall–Kier alpha value is -0.960. The fraction of sp³-hybridized carbons (Fsp3) is 0.538. The van der Waals surface area contributed by atoms with Crippen LogP contribution in [0.25, 0.3) is 0 Å². The van der Waals surface area contributed by atoms with Crippen LogP contribution in [0, 0.1) is 0 Å². The average molecular weight is 332 g/mol. The third-order valence-electron chi connectivity index (χ3n) is 3.89. The Kier molecular flexibility index (Phi) is 4.44. The number of nitrogens with two attached hydrogens (primary N) is 1. The molecule has 6 nitrogen and oxygen atoms in total. The summed E-state index contributed by atoms with van der Waals surface area (Å²) in [5.74, 6) is 0. The summed E-state index contributed by atoms with van der Waals surface area (Å²) in [4.78, 5) is -0.218. The molecule has 2 unspecified atom stereocenters. The average Bonchev–Trinajstić information content (AvgIpc) is 2.79. The van der Waals surface area contributed by atoms with Crippen molar-refractivity contribution in [1.29, 1.82) is 0 Å². The van der Waals surface area contributed by atoms with Gasteiger partial charge in [-0.05, 0) is 44.4 Å².